The molecule has 4 rings (SSSR count). The number of rotatable bonds is 11. The first-order valence-electron chi connectivity index (χ1n) is 15.1. The summed E-state index contributed by atoms with van der Waals surface area (Å²) in [5.74, 6) is -0.694. The van der Waals surface area contributed by atoms with Crippen LogP contribution in [0.2, 0.25) is 0 Å². The summed E-state index contributed by atoms with van der Waals surface area (Å²) in [6.45, 7) is -2.34. The lowest BCUT2D eigenvalue weighted by atomic mass is 9.95. The Labute approximate surface area is 272 Å². The minimum absolute atomic E-state index is 0.694. The highest BCUT2D eigenvalue weighted by atomic mass is 16.8. The number of aliphatic hydroxyl groups excluding tert-OH is 13. The minimum atomic E-state index is -2.05. The molecule has 22 nitrogen and oxygen atoms in total. The molecule has 280 valence electrons. The van der Waals surface area contributed by atoms with Crippen LogP contribution < -0.4 is 5.32 Å². The van der Waals surface area contributed by atoms with E-state index in [-0.39, 0.29) is 0 Å². The molecule has 4 aliphatic heterocycles. The molecule has 0 aromatic carbocycles. The Hall–Kier alpha value is -1.33. The molecule has 4 heterocycles. The Morgan fingerprint density at radius 1 is 0.500 bits per heavy atom. The summed E-state index contributed by atoms with van der Waals surface area (Å²) < 4.78 is 38.2. The fourth-order valence-electron chi connectivity index (χ4n) is 5.94. The number of carbonyl (C=O) groups excluding carboxylic acids is 1. The normalized spacial score (nSPS) is 50.2. The Balaban J connectivity index is 1.51. The minimum Gasteiger partial charge on any atom is -0.394 e. The molecular weight excluding hydrogens is 662 g/mol. The second-order valence-corrected chi connectivity index (χ2v) is 11.9. The summed E-state index contributed by atoms with van der Waals surface area (Å²) in [6.07, 6.45) is -33.7. The maximum atomic E-state index is 11.8. The van der Waals surface area contributed by atoms with Gasteiger partial charge in [0.25, 0.3) is 0 Å². The van der Waals surface area contributed by atoms with Crippen molar-refractivity contribution in [3.8, 4) is 0 Å². The van der Waals surface area contributed by atoms with Crippen molar-refractivity contribution in [3.63, 3.8) is 0 Å². The Bertz CT molecular complexity index is 1030. The summed E-state index contributed by atoms with van der Waals surface area (Å²) >= 11 is 0. The van der Waals surface area contributed by atoms with Crippen LogP contribution in [0.5, 0.6) is 0 Å². The lowest BCUT2D eigenvalue weighted by Gasteiger charge is -2.49. The maximum Gasteiger partial charge on any atom is 0.217 e. The zero-order valence-electron chi connectivity index (χ0n) is 25.5. The number of nitrogens with one attached hydrogen (secondary N) is 1. The van der Waals surface area contributed by atoms with Crippen LogP contribution in [0.15, 0.2) is 0 Å². The van der Waals surface area contributed by atoms with Crippen LogP contribution in [0, 0.1) is 0 Å². The Morgan fingerprint density at radius 2 is 0.938 bits per heavy atom. The van der Waals surface area contributed by atoms with E-state index in [1.807, 2.05) is 0 Å². The largest absolute Gasteiger partial charge is 0.394 e. The predicted molar refractivity (Wildman–Crippen MR) is 145 cm³/mol. The molecule has 22 heteroatoms. The first kappa shape index (κ1) is 39.5. The van der Waals surface area contributed by atoms with Crippen molar-refractivity contribution in [2.75, 3.05) is 26.4 Å². The molecule has 4 fully saturated rings. The van der Waals surface area contributed by atoms with Gasteiger partial charge in [0, 0.05) is 6.92 Å². The molecule has 48 heavy (non-hydrogen) atoms. The van der Waals surface area contributed by atoms with Gasteiger partial charge in [-0.25, -0.2) is 0 Å². The van der Waals surface area contributed by atoms with Crippen LogP contribution in [-0.2, 0) is 38.0 Å². The van der Waals surface area contributed by atoms with Gasteiger partial charge in [-0.2, -0.15) is 0 Å². The van der Waals surface area contributed by atoms with Gasteiger partial charge in [-0.1, -0.05) is 0 Å². The number of carbonyl (C=O) groups is 1. The zero-order valence-corrected chi connectivity index (χ0v) is 25.5. The quantitative estimate of drug-likeness (QED) is 0.0947. The number of aliphatic hydroxyl groups is 13. The van der Waals surface area contributed by atoms with Crippen molar-refractivity contribution in [1.82, 2.24) is 5.32 Å². The highest BCUT2D eigenvalue weighted by molar-refractivity contribution is 5.73. The Kier molecular flexibility index (Phi) is 13.8. The molecule has 4 saturated heterocycles. The van der Waals surface area contributed by atoms with Crippen LogP contribution in [0.4, 0.5) is 0 Å². The van der Waals surface area contributed by atoms with Gasteiger partial charge in [-0.3, -0.25) is 4.79 Å². The molecular formula is C26H45NO21. The van der Waals surface area contributed by atoms with Crippen LogP contribution >= 0.6 is 0 Å². The summed E-state index contributed by atoms with van der Waals surface area (Å²) in [5.41, 5.74) is 0. The van der Waals surface area contributed by atoms with E-state index >= 15 is 0 Å². The molecule has 0 spiro atoms. The molecule has 0 radical (unpaired) electrons. The average Bonchev–Trinajstić information content (AvgIpc) is 3.06. The molecule has 0 aromatic heterocycles. The van der Waals surface area contributed by atoms with Gasteiger partial charge in [0.05, 0.1) is 26.4 Å². The fourth-order valence-corrected chi connectivity index (χ4v) is 5.94. The highest BCUT2D eigenvalue weighted by Crippen LogP contribution is 2.34. The van der Waals surface area contributed by atoms with Gasteiger partial charge in [0.2, 0.25) is 5.91 Å². The number of hydrogen-bond donors (Lipinski definition) is 14. The number of amides is 1. The van der Waals surface area contributed by atoms with Crippen LogP contribution in [-0.4, -0.2) is 221 Å². The summed E-state index contributed by atoms with van der Waals surface area (Å²) in [6, 6.07) is -1.49. The van der Waals surface area contributed by atoms with Gasteiger partial charge >= 0.3 is 0 Å². The van der Waals surface area contributed by atoms with E-state index in [0.717, 1.165) is 6.92 Å². The fraction of sp³-hybridized carbons (Fsp3) is 0.962. The summed E-state index contributed by atoms with van der Waals surface area (Å²) in [4.78, 5) is 11.8. The van der Waals surface area contributed by atoms with Crippen molar-refractivity contribution < 1.29 is 104 Å². The van der Waals surface area contributed by atoms with Crippen molar-refractivity contribution in [2.45, 2.75) is 130 Å². The van der Waals surface area contributed by atoms with E-state index < -0.39 is 155 Å². The SMILES string of the molecule is CC(=O)N[C@H]1[C@H](O[C@H]2[C@@H](O)[C@@H](CO)O[C@H](O[C@@H]3[C@H](O)[C@@H](O)[C@H](O[C@@H]4[C@@H](O)[C@H](O)O[C@H](CO)[C@H]4O)O[C@@H]3CO)[C@@H]2O)O[C@H](CO)[C@H](O)[C@@H]1O. The molecule has 0 saturated carbocycles. The van der Waals surface area contributed by atoms with E-state index in [2.05, 4.69) is 5.32 Å². The monoisotopic (exact) mass is 707 g/mol. The molecule has 20 atom stereocenters. The molecule has 0 bridgehead atoms. The van der Waals surface area contributed by atoms with Crippen molar-refractivity contribution >= 4 is 5.91 Å². The third-order valence-corrected chi connectivity index (χ3v) is 8.61. The smallest absolute Gasteiger partial charge is 0.217 e. The van der Waals surface area contributed by atoms with Gasteiger partial charge in [-0.05, 0) is 0 Å². The van der Waals surface area contributed by atoms with Crippen LogP contribution in [0.25, 0.3) is 0 Å². The molecule has 4 aliphatic rings. The van der Waals surface area contributed by atoms with Crippen molar-refractivity contribution in [1.29, 1.82) is 0 Å². The van der Waals surface area contributed by atoms with E-state index in [0.29, 0.717) is 0 Å². The van der Waals surface area contributed by atoms with Gasteiger partial charge < -0.3 is 105 Å². The van der Waals surface area contributed by atoms with Gasteiger partial charge in [0.1, 0.15) is 97.6 Å². The average molecular weight is 708 g/mol. The lowest BCUT2D eigenvalue weighted by Crippen LogP contribution is -2.69. The molecule has 1 amide bonds. The summed E-state index contributed by atoms with van der Waals surface area (Å²) in [7, 11) is 0. The third kappa shape index (κ3) is 8.08. The molecule has 0 aromatic rings. The topological polar surface area (TPSA) is 357 Å². The third-order valence-electron chi connectivity index (χ3n) is 8.61. The molecule has 14 N–H and O–H groups in total. The maximum absolute atomic E-state index is 11.8. The molecule has 0 aliphatic carbocycles. The van der Waals surface area contributed by atoms with E-state index in [9.17, 15) is 71.2 Å². The standard InChI is InChI=1S/C26H45NO21/c1-6(32)27-11-15(36)12(33)7(2-28)43-24(11)47-22-14(35)9(4-30)44-26(19(22)40)46-20-10(5-31)45-25(17(38)16(20)37)48-21-13(34)8(3-29)42-23(41)18(21)39/h7-26,28-31,33-41H,2-5H2,1H3,(H,27,32)/t7-,8-,9-,10-,11-,12+,13-,14+,15-,16-,17-,18-,19-,20+,21+,22+,23-,24+,25+,26-/m1/s1. The van der Waals surface area contributed by atoms with Gasteiger partial charge in [-0.15, -0.1) is 0 Å². The van der Waals surface area contributed by atoms with Crippen LogP contribution in [0.3, 0.4) is 0 Å². The number of ether oxygens (including phenoxy) is 7. The molecule has 0 unspecified atom stereocenters. The zero-order chi connectivity index (χ0) is 35.6. The van der Waals surface area contributed by atoms with E-state index in [1.54, 1.807) is 0 Å². The first-order valence-corrected chi connectivity index (χ1v) is 15.1. The van der Waals surface area contributed by atoms with Crippen molar-refractivity contribution in [2.24, 2.45) is 0 Å². The van der Waals surface area contributed by atoms with E-state index in [4.69, 9.17) is 33.2 Å². The highest BCUT2D eigenvalue weighted by Gasteiger charge is 2.55. The predicted octanol–water partition coefficient (Wildman–Crippen LogP) is -9.61. The first-order chi connectivity index (χ1) is 22.7. The van der Waals surface area contributed by atoms with E-state index in [1.165, 1.54) is 0 Å². The Morgan fingerprint density at radius 3 is 1.50 bits per heavy atom. The van der Waals surface area contributed by atoms with Crippen LogP contribution in [0.1, 0.15) is 6.92 Å². The summed E-state index contributed by atoms with van der Waals surface area (Å²) in [5, 5.41) is 137. The second kappa shape index (κ2) is 16.8. The van der Waals surface area contributed by atoms with Gasteiger partial charge in [0.15, 0.2) is 25.2 Å². The second-order valence-electron chi connectivity index (χ2n) is 11.9. The lowest BCUT2D eigenvalue weighted by molar-refractivity contribution is -0.385. The van der Waals surface area contributed by atoms with Crippen molar-refractivity contribution in [3.05, 3.63) is 0 Å². The number of hydrogen-bond acceptors (Lipinski definition) is 21.